The fraction of sp³-hybridized carbons (Fsp3) is 0.684. The zero-order valence-corrected chi connectivity index (χ0v) is 13.9. The number of benzene rings is 1. The lowest BCUT2D eigenvalue weighted by Crippen LogP contribution is -2.25. The summed E-state index contributed by atoms with van der Waals surface area (Å²) in [6, 6.07) is 5.23. The van der Waals surface area contributed by atoms with Crippen LogP contribution in [0.2, 0.25) is 0 Å². The number of hydrogen-bond acceptors (Lipinski definition) is 2. The van der Waals surface area contributed by atoms with Gasteiger partial charge in [0.25, 0.3) is 0 Å². The van der Waals surface area contributed by atoms with Crippen LogP contribution in [-0.4, -0.2) is 13.7 Å². The van der Waals surface area contributed by atoms with E-state index in [0.717, 1.165) is 30.0 Å². The molecule has 0 aromatic heterocycles. The maximum absolute atomic E-state index is 5.52. The van der Waals surface area contributed by atoms with Gasteiger partial charge in [0.2, 0.25) is 0 Å². The first-order valence-corrected chi connectivity index (χ1v) is 8.55. The lowest BCUT2D eigenvalue weighted by atomic mass is 9.93. The third-order valence-corrected chi connectivity index (χ3v) is 5.52. The third-order valence-electron chi connectivity index (χ3n) is 5.52. The van der Waals surface area contributed by atoms with E-state index in [2.05, 4.69) is 38.2 Å². The standard InChI is InChI=1S/C19H29NO/c1-5-9-20-18(17-15-7-6-8-16(15)17)14-10-12(2)19(21-4)13(3)11-14/h10-11,15-18,20H,5-9H2,1-4H3. The van der Waals surface area contributed by atoms with E-state index >= 15 is 0 Å². The van der Waals surface area contributed by atoms with E-state index < -0.39 is 0 Å². The highest BCUT2D eigenvalue weighted by Crippen LogP contribution is 2.62. The molecule has 2 fully saturated rings. The summed E-state index contributed by atoms with van der Waals surface area (Å²) >= 11 is 0. The van der Waals surface area contributed by atoms with Gasteiger partial charge < -0.3 is 10.1 Å². The second-order valence-electron chi connectivity index (χ2n) is 6.96. The van der Waals surface area contributed by atoms with E-state index in [9.17, 15) is 0 Å². The molecule has 0 saturated heterocycles. The summed E-state index contributed by atoms with van der Waals surface area (Å²) in [5, 5.41) is 3.83. The Hall–Kier alpha value is -1.02. The summed E-state index contributed by atoms with van der Waals surface area (Å²) < 4.78 is 5.52. The molecule has 3 atom stereocenters. The minimum atomic E-state index is 0.545. The van der Waals surface area contributed by atoms with Gasteiger partial charge in [-0.2, -0.15) is 0 Å². The molecule has 0 radical (unpaired) electrons. The van der Waals surface area contributed by atoms with Crippen molar-refractivity contribution < 1.29 is 4.74 Å². The molecule has 0 aliphatic heterocycles. The molecule has 3 rings (SSSR count). The zero-order chi connectivity index (χ0) is 15.0. The molecule has 3 unspecified atom stereocenters. The Morgan fingerprint density at radius 3 is 2.33 bits per heavy atom. The van der Waals surface area contributed by atoms with Crippen LogP contribution in [0.25, 0.3) is 0 Å². The van der Waals surface area contributed by atoms with Crippen LogP contribution in [0, 0.1) is 31.6 Å². The number of hydrogen-bond donors (Lipinski definition) is 1. The third kappa shape index (κ3) is 2.70. The minimum absolute atomic E-state index is 0.545. The van der Waals surface area contributed by atoms with Crippen LogP contribution >= 0.6 is 0 Å². The van der Waals surface area contributed by atoms with Crippen molar-refractivity contribution in [3.8, 4) is 5.75 Å². The predicted octanol–water partition coefficient (Wildman–Crippen LogP) is 4.40. The molecule has 0 spiro atoms. The molecule has 2 aliphatic rings. The largest absolute Gasteiger partial charge is 0.496 e. The van der Waals surface area contributed by atoms with Gasteiger partial charge in [-0.05, 0) is 74.1 Å². The molecule has 1 aromatic rings. The lowest BCUT2D eigenvalue weighted by Gasteiger charge is -2.23. The van der Waals surface area contributed by atoms with Crippen molar-refractivity contribution in [2.45, 2.75) is 52.5 Å². The van der Waals surface area contributed by atoms with Crippen molar-refractivity contribution in [1.82, 2.24) is 5.32 Å². The van der Waals surface area contributed by atoms with Crippen molar-refractivity contribution in [1.29, 1.82) is 0 Å². The zero-order valence-electron chi connectivity index (χ0n) is 13.9. The summed E-state index contributed by atoms with van der Waals surface area (Å²) in [5.74, 6) is 3.89. The normalized spacial score (nSPS) is 28.3. The number of aryl methyl sites for hydroxylation is 2. The topological polar surface area (TPSA) is 21.3 Å². The first kappa shape index (κ1) is 14.9. The van der Waals surface area contributed by atoms with E-state index in [1.807, 2.05) is 0 Å². The Balaban J connectivity index is 1.86. The molecule has 2 heteroatoms. The maximum Gasteiger partial charge on any atom is 0.124 e. The Labute approximate surface area is 129 Å². The second kappa shape index (κ2) is 6.00. The molecular formula is C19H29NO. The quantitative estimate of drug-likeness (QED) is 0.837. The number of rotatable bonds is 6. The van der Waals surface area contributed by atoms with Crippen LogP contribution in [-0.2, 0) is 0 Å². The molecular weight excluding hydrogens is 258 g/mol. The Morgan fingerprint density at radius 2 is 1.81 bits per heavy atom. The molecule has 0 bridgehead atoms. The number of ether oxygens (including phenoxy) is 1. The van der Waals surface area contributed by atoms with Crippen LogP contribution in [0.4, 0.5) is 0 Å². The molecule has 2 nitrogen and oxygen atoms in total. The van der Waals surface area contributed by atoms with Gasteiger partial charge in [-0.3, -0.25) is 0 Å². The highest BCUT2D eigenvalue weighted by atomic mass is 16.5. The number of fused-ring (bicyclic) bond motifs is 1. The van der Waals surface area contributed by atoms with Gasteiger partial charge in [-0.1, -0.05) is 25.5 Å². The number of methoxy groups -OCH3 is 1. The van der Waals surface area contributed by atoms with E-state index in [1.165, 1.54) is 42.4 Å². The van der Waals surface area contributed by atoms with Gasteiger partial charge in [-0.25, -0.2) is 0 Å². The molecule has 21 heavy (non-hydrogen) atoms. The molecule has 1 N–H and O–H groups in total. The number of nitrogens with one attached hydrogen (secondary N) is 1. The Kier molecular flexibility index (Phi) is 4.26. The van der Waals surface area contributed by atoms with Crippen molar-refractivity contribution in [3.05, 3.63) is 28.8 Å². The smallest absolute Gasteiger partial charge is 0.124 e. The van der Waals surface area contributed by atoms with E-state index in [-0.39, 0.29) is 0 Å². The molecule has 116 valence electrons. The van der Waals surface area contributed by atoms with Gasteiger partial charge in [0.15, 0.2) is 0 Å². The average Bonchev–Trinajstić information content (AvgIpc) is 2.92. The fourth-order valence-electron chi connectivity index (χ4n) is 4.63. The summed E-state index contributed by atoms with van der Waals surface area (Å²) in [4.78, 5) is 0. The first-order chi connectivity index (χ1) is 10.2. The van der Waals surface area contributed by atoms with Crippen LogP contribution in [0.3, 0.4) is 0 Å². The van der Waals surface area contributed by atoms with Gasteiger partial charge in [0, 0.05) is 6.04 Å². The predicted molar refractivity (Wildman–Crippen MR) is 87.8 cm³/mol. The SMILES string of the molecule is CCCNC(c1cc(C)c(OC)c(C)c1)C1C2CCCC21. The maximum atomic E-state index is 5.52. The van der Waals surface area contributed by atoms with E-state index in [4.69, 9.17) is 4.74 Å². The monoisotopic (exact) mass is 287 g/mol. The summed E-state index contributed by atoms with van der Waals surface area (Å²) in [6.07, 6.45) is 5.56. The van der Waals surface area contributed by atoms with Crippen LogP contribution < -0.4 is 10.1 Å². The van der Waals surface area contributed by atoms with E-state index in [1.54, 1.807) is 7.11 Å². The molecule has 2 aliphatic carbocycles. The Bertz CT molecular complexity index is 477. The van der Waals surface area contributed by atoms with Crippen molar-refractivity contribution in [2.75, 3.05) is 13.7 Å². The lowest BCUT2D eigenvalue weighted by molar-refractivity contribution is 0.403. The first-order valence-electron chi connectivity index (χ1n) is 8.55. The average molecular weight is 287 g/mol. The van der Waals surface area contributed by atoms with Crippen LogP contribution in [0.5, 0.6) is 5.75 Å². The summed E-state index contributed by atoms with van der Waals surface area (Å²) in [5.41, 5.74) is 4.00. The summed E-state index contributed by atoms with van der Waals surface area (Å²) in [6.45, 7) is 7.70. The van der Waals surface area contributed by atoms with Crippen LogP contribution in [0.15, 0.2) is 12.1 Å². The molecule has 2 saturated carbocycles. The molecule has 0 amide bonds. The highest BCUT2D eigenvalue weighted by molar-refractivity contribution is 5.44. The van der Waals surface area contributed by atoms with E-state index in [0.29, 0.717) is 6.04 Å². The van der Waals surface area contributed by atoms with Crippen molar-refractivity contribution in [2.24, 2.45) is 17.8 Å². The van der Waals surface area contributed by atoms with Gasteiger partial charge in [0.05, 0.1) is 7.11 Å². The van der Waals surface area contributed by atoms with Crippen molar-refractivity contribution in [3.63, 3.8) is 0 Å². The minimum Gasteiger partial charge on any atom is -0.496 e. The molecule has 1 aromatic carbocycles. The summed E-state index contributed by atoms with van der Waals surface area (Å²) in [7, 11) is 1.77. The Morgan fingerprint density at radius 1 is 1.19 bits per heavy atom. The fourth-order valence-corrected chi connectivity index (χ4v) is 4.63. The highest BCUT2D eigenvalue weighted by Gasteiger charge is 2.55. The van der Waals surface area contributed by atoms with Crippen LogP contribution in [0.1, 0.15) is 55.3 Å². The van der Waals surface area contributed by atoms with Gasteiger partial charge >= 0.3 is 0 Å². The molecule has 0 heterocycles. The van der Waals surface area contributed by atoms with Gasteiger partial charge in [0.1, 0.15) is 5.75 Å². The van der Waals surface area contributed by atoms with Crippen molar-refractivity contribution >= 4 is 0 Å². The van der Waals surface area contributed by atoms with Gasteiger partial charge in [-0.15, -0.1) is 0 Å². The second-order valence-corrected chi connectivity index (χ2v) is 6.96.